The highest BCUT2D eigenvalue weighted by Crippen LogP contribution is 2.26. The molecule has 1 aromatic rings. The molecule has 0 saturated heterocycles. The molecule has 2 atom stereocenters. The first kappa shape index (κ1) is 12.6. The number of hydrogen-bond donors (Lipinski definition) is 1. The summed E-state index contributed by atoms with van der Waals surface area (Å²) in [5.74, 6) is 0. The second-order valence-electron chi connectivity index (χ2n) is 4.59. The van der Waals surface area contributed by atoms with E-state index in [9.17, 15) is 5.11 Å². The van der Waals surface area contributed by atoms with Crippen LogP contribution in [0.5, 0.6) is 0 Å². The highest BCUT2D eigenvalue weighted by atomic mass is 79.9. The van der Waals surface area contributed by atoms with Crippen LogP contribution in [0, 0.1) is 0 Å². The molecule has 1 saturated carbocycles. The number of nitrogens with zero attached hydrogens (tertiary/aromatic N) is 1. The summed E-state index contributed by atoms with van der Waals surface area (Å²) in [7, 11) is 2.12. The quantitative estimate of drug-likeness (QED) is 0.926. The SMILES string of the molecule is CN(Cc1csc(Br)c1)[C@@H]1CCCC[C@H]1O. The van der Waals surface area contributed by atoms with Crippen LogP contribution < -0.4 is 0 Å². The predicted octanol–water partition coefficient (Wildman–Crippen LogP) is 3.25. The third-order valence-corrected chi connectivity index (χ3v) is 4.87. The molecule has 90 valence electrons. The molecular weight excluding hydrogens is 286 g/mol. The van der Waals surface area contributed by atoms with Crippen LogP contribution in [0.25, 0.3) is 0 Å². The minimum absolute atomic E-state index is 0.138. The van der Waals surface area contributed by atoms with Gasteiger partial charge in [-0.3, -0.25) is 4.90 Å². The Bertz CT molecular complexity index is 342. The van der Waals surface area contributed by atoms with E-state index in [0.29, 0.717) is 6.04 Å². The largest absolute Gasteiger partial charge is 0.391 e. The lowest BCUT2D eigenvalue weighted by Gasteiger charge is -2.35. The van der Waals surface area contributed by atoms with Gasteiger partial charge in [-0.15, -0.1) is 11.3 Å². The fourth-order valence-corrected chi connectivity index (χ4v) is 3.64. The smallest absolute Gasteiger partial charge is 0.0701 e. The van der Waals surface area contributed by atoms with E-state index in [2.05, 4.69) is 39.3 Å². The molecule has 1 aliphatic rings. The van der Waals surface area contributed by atoms with E-state index in [1.54, 1.807) is 11.3 Å². The van der Waals surface area contributed by atoms with E-state index in [-0.39, 0.29) is 6.10 Å². The number of likely N-dealkylation sites (N-methyl/N-ethyl adjacent to an activating group) is 1. The molecule has 0 aliphatic heterocycles. The zero-order chi connectivity index (χ0) is 11.5. The summed E-state index contributed by atoms with van der Waals surface area (Å²) < 4.78 is 1.18. The van der Waals surface area contributed by atoms with Crippen molar-refractivity contribution in [3.05, 3.63) is 20.8 Å². The molecule has 1 heterocycles. The molecule has 2 nitrogen and oxygen atoms in total. The lowest BCUT2D eigenvalue weighted by atomic mass is 9.91. The topological polar surface area (TPSA) is 23.5 Å². The van der Waals surface area contributed by atoms with Gasteiger partial charge in [-0.1, -0.05) is 12.8 Å². The molecule has 16 heavy (non-hydrogen) atoms. The highest BCUT2D eigenvalue weighted by molar-refractivity contribution is 9.11. The van der Waals surface area contributed by atoms with Gasteiger partial charge < -0.3 is 5.11 Å². The molecule has 4 heteroatoms. The maximum Gasteiger partial charge on any atom is 0.0701 e. The minimum Gasteiger partial charge on any atom is -0.391 e. The van der Waals surface area contributed by atoms with Gasteiger partial charge in [0.15, 0.2) is 0 Å². The lowest BCUT2D eigenvalue weighted by Crippen LogP contribution is -2.42. The van der Waals surface area contributed by atoms with Crippen LogP contribution in [0.4, 0.5) is 0 Å². The van der Waals surface area contributed by atoms with Gasteiger partial charge >= 0.3 is 0 Å². The normalized spacial score (nSPS) is 26.2. The average molecular weight is 304 g/mol. The van der Waals surface area contributed by atoms with Gasteiger partial charge in [0.25, 0.3) is 0 Å². The van der Waals surface area contributed by atoms with Gasteiger partial charge in [0, 0.05) is 12.6 Å². The van der Waals surface area contributed by atoms with Gasteiger partial charge in [0.2, 0.25) is 0 Å². The van der Waals surface area contributed by atoms with Crippen LogP contribution in [0.2, 0.25) is 0 Å². The fourth-order valence-electron chi connectivity index (χ4n) is 2.44. The summed E-state index contributed by atoms with van der Waals surface area (Å²) in [5.41, 5.74) is 1.33. The van der Waals surface area contributed by atoms with Gasteiger partial charge in [-0.25, -0.2) is 0 Å². The summed E-state index contributed by atoms with van der Waals surface area (Å²) in [6, 6.07) is 2.50. The molecule has 0 bridgehead atoms. The van der Waals surface area contributed by atoms with Crippen molar-refractivity contribution in [1.29, 1.82) is 0 Å². The van der Waals surface area contributed by atoms with E-state index < -0.39 is 0 Å². The minimum atomic E-state index is -0.138. The third-order valence-electron chi connectivity index (χ3n) is 3.31. The van der Waals surface area contributed by atoms with Crippen molar-refractivity contribution in [2.45, 2.75) is 44.4 Å². The molecule has 0 radical (unpaired) electrons. The van der Waals surface area contributed by atoms with Gasteiger partial charge in [0.05, 0.1) is 9.89 Å². The Morgan fingerprint density at radius 2 is 2.25 bits per heavy atom. The van der Waals surface area contributed by atoms with Crippen LogP contribution in [0.15, 0.2) is 15.2 Å². The Balaban J connectivity index is 1.93. The standard InChI is InChI=1S/C12H18BrNOS/c1-14(7-9-6-12(13)16-8-9)10-4-2-3-5-11(10)15/h6,8,10-11,15H,2-5,7H2,1H3/t10-,11-/m1/s1. The third kappa shape index (κ3) is 3.06. The zero-order valence-corrected chi connectivity index (χ0v) is 11.9. The van der Waals surface area contributed by atoms with Crippen LogP contribution in [0.3, 0.4) is 0 Å². The monoisotopic (exact) mass is 303 g/mol. The average Bonchev–Trinajstić information content (AvgIpc) is 2.64. The second-order valence-corrected chi connectivity index (χ2v) is 6.88. The van der Waals surface area contributed by atoms with Crippen molar-refractivity contribution < 1.29 is 5.11 Å². The predicted molar refractivity (Wildman–Crippen MR) is 71.7 cm³/mol. The van der Waals surface area contributed by atoms with Crippen molar-refractivity contribution in [3.63, 3.8) is 0 Å². The Kier molecular flexibility index (Phi) is 4.41. The molecule has 0 unspecified atom stereocenters. The summed E-state index contributed by atoms with van der Waals surface area (Å²) in [5, 5.41) is 12.2. The summed E-state index contributed by atoms with van der Waals surface area (Å²) in [6.07, 6.45) is 4.38. The van der Waals surface area contributed by atoms with Crippen molar-refractivity contribution in [2.75, 3.05) is 7.05 Å². The summed E-state index contributed by atoms with van der Waals surface area (Å²) >= 11 is 5.20. The van der Waals surface area contributed by atoms with E-state index in [4.69, 9.17) is 0 Å². The molecule has 2 rings (SSSR count). The Morgan fingerprint density at radius 3 is 2.88 bits per heavy atom. The number of thiophene rings is 1. The molecule has 0 aromatic carbocycles. The number of rotatable bonds is 3. The zero-order valence-electron chi connectivity index (χ0n) is 9.53. The molecule has 1 N–H and O–H groups in total. The summed E-state index contributed by atoms with van der Waals surface area (Å²) in [6.45, 7) is 0.934. The van der Waals surface area contributed by atoms with Crippen LogP contribution in [0.1, 0.15) is 31.2 Å². The van der Waals surface area contributed by atoms with Crippen molar-refractivity contribution in [2.24, 2.45) is 0 Å². The first-order chi connectivity index (χ1) is 7.66. The van der Waals surface area contributed by atoms with E-state index in [0.717, 1.165) is 19.4 Å². The number of hydrogen-bond acceptors (Lipinski definition) is 3. The lowest BCUT2D eigenvalue weighted by molar-refractivity contribution is 0.0289. The fraction of sp³-hybridized carbons (Fsp3) is 0.667. The Morgan fingerprint density at radius 1 is 1.50 bits per heavy atom. The van der Waals surface area contributed by atoms with E-state index >= 15 is 0 Å². The molecule has 1 aliphatic carbocycles. The molecule has 1 fully saturated rings. The van der Waals surface area contributed by atoms with Crippen molar-refractivity contribution in [1.82, 2.24) is 4.90 Å². The Hall–Kier alpha value is 0.1000. The first-order valence-electron chi connectivity index (χ1n) is 5.78. The molecule has 0 spiro atoms. The maximum atomic E-state index is 9.97. The maximum absolute atomic E-state index is 9.97. The van der Waals surface area contributed by atoms with Gasteiger partial charge in [-0.2, -0.15) is 0 Å². The van der Waals surface area contributed by atoms with Crippen molar-refractivity contribution in [3.8, 4) is 0 Å². The van der Waals surface area contributed by atoms with Crippen LogP contribution in [-0.2, 0) is 6.54 Å². The highest BCUT2D eigenvalue weighted by Gasteiger charge is 2.26. The molecular formula is C12H18BrNOS. The number of aliphatic hydroxyl groups excluding tert-OH is 1. The van der Waals surface area contributed by atoms with Gasteiger partial charge in [0.1, 0.15) is 0 Å². The number of aliphatic hydroxyl groups is 1. The molecule has 0 amide bonds. The Labute approximate surface area is 109 Å². The molecule has 1 aromatic heterocycles. The number of halogens is 1. The first-order valence-corrected chi connectivity index (χ1v) is 7.45. The van der Waals surface area contributed by atoms with E-state index in [1.807, 2.05) is 0 Å². The van der Waals surface area contributed by atoms with E-state index in [1.165, 1.54) is 22.2 Å². The second kappa shape index (κ2) is 5.63. The van der Waals surface area contributed by atoms with Crippen LogP contribution in [-0.4, -0.2) is 29.2 Å². The van der Waals surface area contributed by atoms with Gasteiger partial charge in [-0.05, 0) is 52.8 Å². The van der Waals surface area contributed by atoms with Crippen LogP contribution >= 0.6 is 27.3 Å². The summed E-state index contributed by atoms with van der Waals surface area (Å²) in [4.78, 5) is 2.29. The van der Waals surface area contributed by atoms with Crippen molar-refractivity contribution >= 4 is 27.3 Å².